The molecule has 2 rings (SSSR count). The van der Waals surface area contributed by atoms with E-state index < -0.39 is 0 Å². The maximum atomic E-state index is 12.0. The molecule has 1 amide bonds. The first-order valence-corrected chi connectivity index (χ1v) is 8.12. The van der Waals surface area contributed by atoms with Crippen LogP contribution in [0.25, 0.3) is 0 Å². The number of rotatable bonds is 5. The summed E-state index contributed by atoms with van der Waals surface area (Å²) in [6.07, 6.45) is 0.433. The summed E-state index contributed by atoms with van der Waals surface area (Å²) in [6, 6.07) is 12.1. The Hall–Kier alpha value is -1.81. The molecule has 0 unspecified atom stereocenters. The Bertz CT molecular complexity index is 683. The van der Waals surface area contributed by atoms with Gasteiger partial charge in [0, 0.05) is 28.8 Å². The molecule has 2 aromatic rings. The molecule has 0 saturated carbocycles. The van der Waals surface area contributed by atoms with Crippen molar-refractivity contribution in [3.8, 4) is 0 Å². The molecule has 0 heterocycles. The van der Waals surface area contributed by atoms with Crippen LogP contribution in [0.2, 0.25) is 0 Å². The lowest BCUT2D eigenvalue weighted by Gasteiger charge is -2.11. The van der Waals surface area contributed by atoms with Crippen LogP contribution in [0.5, 0.6) is 0 Å². The predicted octanol–water partition coefficient (Wildman–Crippen LogP) is 4.82. The summed E-state index contributed by atoms with van der Waals surface area (Å²) >= 11 is 3.42. The molecule has 0 aliphatic heterocycles. The molecule has 0 aliphatic rings. The zero-order valence-electron chi connectivity index (χ0n) is 13.2. The molecule has 0 aliphatic carbocycles. The van der Waals surface area contributed by atoms with E-state index in [4.69, 9.17) is 0 Å². The Balaban J connectivity index is 1.86. The fourth-order valence-corrected chi connectivity index (χ4v) is 2.69. The lowest BCUT2D eigenvalue weighted by Crippen LogP contribution is -2.17. The normalized spacial score (nSPS) is 10.4. The second-order valence-electron chi connectivity index (χ2n) is 5.50. The number of halogens is 1. The van der Waals surface area contributed by atoms with Crippen LogP contribution in [0.4, 0.5) is 11.4 Å². The lowest BCUT2D eigenvalue weighted by molar-refractivity contribution is -0.115. The van der Waals surface area contributed by atoms with Gasteiger partial charge in [0.25, 0.3) is 0 Å². The second-order valence-corrected chi connectivity index (χ2v) is 6.42. The van der Waals surface area contributed by atoms with Crippen LogP contribution in [0, 0.1) is 20.8 Å². The maximum Gasteiger partial charge on any atom is 0.226 e. The van der Waals surface area contributed by atoms with Crippen LogP contribution >= 0.6 is 15.9 Å². The van der Waals surface area contributed by atoms with E-state index in [9.17, 15) is 4.79 Å². The molecule has 0 spiro atoms. The van der Waals surface area contributed by atoms with Crippen LogP contribution < -0.4 is 10.6 Å². The number of anilines is 2. The summed E-state index contributed by atoms with van der Waals surface area (Å²) in [5, 5.41) is 6.28. The van der Waals surface area contributed by atoms with Crippen molar-refractivity contribution in [1.29, 1.82) is 0 Å². The monoisotopic (exact) mass is 360 g/mol. The SMILES string of the molecule is Cc1ccc(C)c(NCCC(=O)Nc2ccc(Br)cc2C)c1. The Morgan fingerprint density at radius 2 is 1.77 bits per heavy atom. The molecule has 3 nitrogen and oxygen atoms in total. The van der Waals surface area contributed by atoms with E-state index >= 15 is 0 Å². The van der Waals surface area contributed by atoms with Gasteiger partial charge in [-0.2, -0.15) is 0 Å². The van der Waals surface area contributed by atoms with Crippen molar-refractivity contribution in [3.63, 3.8) is 0 Å². The minimum atomic E-state index is 0.0169. The van der Waals surface area contributed by atoms with Crippen molar-refractivity contribution in [1.82, 2.24) is 0 Å². The van der Waals surface area contributed by atoms with Gasteiger partial charge in [-0.3, -0.25) is 4.79 Å². The topological polar surface area (TPSA) is 41.1 Å². The van der Waals surface area contributed by atoms with Gasteiger partial charge >= 0.3 is 0 Å². The molecule has 0 saturated heterocycles. The smallest absolute Gasteiger partial charge is 0.226 e. The molecule has 0 radical (unpaired) electrons. The number of aryl methyl sites for hydroxylation is 3. The van der Waals surface area contributed by atoms with Crippen LogP contribution in [-0.4, -0.2) is 12.5 Å². The van der Waals surface area contributed by atoms with Crippen LogP contribution in [-0.2, 0) is 4.79 Å². The summed E-state index contributed by atoms with van der Waals surface area (Å²) in [5.41, 5.74) is 5.40. The van der Waals surface area contributed by atoms with E-state index in [-0.39, 0.29) is 5.91 Å². The van der Waals surface area contributed by atoms with Gasteiger partial charge in [-0.1, -0.05) is 28.1 Å². The molecular formula is C18H21BrN2O. The van der Waals surface area contributed by atoms with Gasteiger partial charge < -0.3 is 10.6 Å². The number of benzene rings is 2. The summed E-state index contributed by atoms with van der Waals surface area (Å²) in [6.45, 7) is 6.72. The third kappa shape index (κ3) is 4.60. The number of hydrogen-bond donors (Lipinski definition) is 2. The van der Waals surface area contributed by atoms with E-state index in [1.807, 2.05) is 25.1 Å². The average molecular weight is 361 g/mol. The molecule has 2 N–H and O–H groups in total. The molecule has 0 aromatic heterocycles. The van der Waals surface area contributed by atoms with Crippen LogP contribution in [0.3, 0.4) is 0 Å². The number of hydrogen-bond acceptors (Lipinski definition) is 2. The van der Waals surface area contributed by atoms with Crippen molar-refractivity contribution in [2.45, 2.75) is 27.2 Å². The minimum absolute atomic E-state index is 0.0169. The number of carbonyl (C=O) groups excluding carboxylic acids is 1. The van der Waals surface area contributed by atoms with Gasteiger partial charge in [0.05, 0.1) is 0 Å². The third-order valence-corrected chi connectivity index (χ3v) is 4.02. The molecule has 0 fully saturated rings. The predicted molar refractivity (Wildman–Crippen MR) is 96.5 cm³/mol. The highest BCUT2D eigenvalue weighted by atomic mass is 79.9. The van der Waals surface area contributed by atoms with E-state index in [2.05, 4.69) is 58.6 Å². The fraction of sp³-hybridized carbons (Fsp3) is 0.278. The molecule has 4 heteroatoms. The largest absolute Gasteiger partial charge is 0.384 e. The molecule has 0 atom stereocenters. The van der Waals surface area contributed by atoms with Crippen molar-refractivity contribution < 1.29 is 4.79 Å². The van der Waals surface area contributed by atoms with Crippen molar-refractivity contribution in [2.24, 2.45) is 0 Å². The Morgan fingerprint density at radius 3 is 2.50 bits per heavy atom. The van der Waals surface area contributed by atoms with Gasteiger partial charge in [-0.25, -0.2) is 0 Å². The zero-order chi connectivity index (χ0) is 16.1. The Morgan fingerprint density at radius 1 is 1.00 bits per heavy atom. The zero-order valence-corrected chi connectivity index (χ0v) is 14.8. The standard InChI is InChI=1S/C18H21BrN2O/c1-12-4-5-13(2)17(10-12)20-9-8-18(22)21-16-7-6-15(19)11-14(16)3/h4-7,10-11,20H,8-9H2,1-3H3,(H,21,22). The maximum absolute atomic E-state index is 12.0. The summed E-state index contributed by atoms with van der Waals surface area (Å²) in [5.74, 6) is 0.0169. The number of amides is 1. The highest BCUT2D eigenvalue weighted by Crippen LogP contribution is 2.20. The Kier molecular flexibility index (Phi) is 5.61. The van der Waals surface area contributed by atoms with Crippen LogP contribution in [0.1, 0.15) is 23.1 Å². The highest BCUT2D eigenvalue weighted by Gasteiger charge is 2.05. The van der Waals surface area contributed by atoms with Crippen LogP contribution in [0.15, 0.2) is 40.9 Å². The van der Waals surface area contributed by atoms with Gasteiger partial charge in [0.1, 0.15) is 0 Å². The van der Waals surface area contributed by atoms with E-state index in [1.54, 1.807) is 0 Å². The van der Waals surface area contributed by atoms with Crippen molar-refractivity contribution >= 4 is 33.2 Å². The molecule has 116 valence electrons. The second kappa shape index (κ2) is 7.45. The molecule has 2 aromatic carbocycles. The Labute approximate surface area is 140 Å². The fourth-order valence-electron chi connectivity index (χ4n) is 2.22. The quantitative estimate of drug-likeness (QED) is 0.802. The van der Waals surface area contributed by atoms with Crippen molar-refractivity contribution in [2.75, 3.05) is 17.2 Å². The first kappa shape index (κ1) is 16.6. The van der Waals surface area contributed by atoms with Gasteiger partial charge in [-0.05, 0) is 61.7 Å². The lowest BCUT2D eigenvalue weighted by atomic mass is 10.1. The number of nitrogens with one attached hydrogen (secondary N) is 2. The summed E-state index contributed by atoms with van der Waals surface area (Å²) in [7, 11) is 0. The first-order chi connectivity index (χ1) is 10.5. The third-order valence-electron chi connectivity index (χ3n) is 3.52. The van der Waals surface area contributed by atoms with Gasteiger partial charge in [0.2, 0.25) is 5.91 Å². The molecular weight excluding hydrogens is 340 g/mol. The first-order valence-electron chi connectivity index (χ1n) is 7.33. The summed E-state index contributed by atoms with van der Waals surface area (Å²) in [4.78, 5) is 12.0. The van der Waals surface area contributed by atoms with Gasteiger partial charge in [0.15, 0.2) is 0 Å². The number of carbonyl (C=O) groups is 1. The van der Waals surface area contributed by atoms with E-state index in [0.717, 1.165) is 21.4 Å². The van der Waals surface area contributed by atoms with E-state index in [1.165, 1.54) is 11.1 Å². The highest BCUT2D eigenvalue weighted by molar-refractivity contribution is 9.10. The minimum Gasteiger partial charge on any atom is -0.384 e. The van der Waals surface area contributed by atoms with Crippen molar-refractivity contribution in [3.05, 3.63) is 57.6 Å². The van der Waals surface area contributed by atoms with Gasteiger partial charge in [-0.15, -0.1) is 0 Å². The summed E-state index contributed by atoms with van der Waals surface area (Å²) < 4.78 is 1.01. The molecule has 0 bridgehead atoms. The van der Waals surface area contributed by atoms with E-state index in [0.29, 0.717) is 13.0 Å². The molecule has 22 heavy (non-hydrogen) atoms. The average Bonchev–Trinajstić information content (AvgIpc) is 2.46.